The number of nitrogens with one attached hydrogen (secondary N) is 2. The maximum absolute atomic E-state index is 16.0. The first-order valence-electron chi connectivity index (χ1n) is 11.6. The van der Waals surface area contributed by atoms with Gasteiger partial charge in [-0.1, -0.05) is 24.1 Å². The lowest BCUT2D eigenvalue weighted by molar-refractivity contribution is -0.149. The highest BCUT2D eigenvalue weighted by Gasteiger charge is 2.58. The highest BCUT2D eigenvalue weighted by Crippen LogP contribution is 2.47. The molecule has 1 fully saturated rings. The number of para-hydroxylation sites is 1. The highest BCUT2D eigenvalue weighted by molar-refractivity contribution is 7.52. The van der Waals surface area contributed by atoms with E-state index in [9.17, 15) is 24.1 Å². The molecule has 1 aliphatic heterocycles. The highest BCUT2D eigenvalue weighted by atomic mass is 31.2. The van der Waals surface area contributed by atoms with Crippen LogP contribution in [0.3, 0.4) is 0 Å². The van der Waals surface area contributed by atoms with Gasteiger partial charge >= 0.3 is 19.4 Å². The van der Waals surface area contributed by atoms with E-state index in [0.717, 1.165) is 16.8 Å². The SMILES string of the molecule is CC#C[C@@]1(F)[C@H](O)[C@@H](COP(=O)(N[C@@H](C)C(=O)OC(C)C)Oc2ccccc2)O[C@H]1n1ccc(=O)[nH]c1=O. The fraction of sp³-hybridized carbons (Fsp3) is 0.458. The van der Waals surface area contributed by atoms with Crippen molar-refractivity contribution in [3.8, 4) is 17.6 Å². The summed E-state index contributed by atoms with van der Waals surface area (Å²) in [6.45, 7) is 5.31. The zero-order chi connectivity index (χ0) is 28.1. The standard InChI is InChI=1S/C24H29FN3O9P/c1-5-12-24(25)20(30)18(36-22(24)28-13-11-19(29)26-23(28)32)14-34-38(33,37-17-9-7-6-8-10-17)27-16(4)21(31)35-15(2)3/h6-11,13,15-16,18,20,22,30H,14H2,1-4H3,(H,27,33)(H,26,29,32)/t16-,18+,20+,22+,24+,38?/m0/s1. The minimum Gasteiger partial charge on any atom is -0.462 e. The third kappa shape index (κ3) is 6.78. The Labute approximate surface area is 217 Å². The van der Waals surface area contributed by atoms with Crippen LogP contribution in [0.5, 0.6) is 5.75 Å². The molecule has 1 aliphatic rings. The molecule has 6 atom stereocenters. The van der Waals surface area contributed by atoms with Crippen molar-refractivity contribution in [2.45, 2.75) is 63.9 Å². The van der Waals surface area contributed by atoms with Crippen LogP contribution in [0.15, 0.2) is 52.2 Å². The van der Waals surface area contributed by atoms with E-state index in [1.165, 1.54) is 26.0 Å². The van der Waals surface area contributed by atoms with Gasteiger partial charge in [0, 0.05) is 12.3 Å². The van der Waals surface area contributed by atoms with Gasteiger partial charge in [0.1, 0.15) is 24.0 Å². The number of aliphatic hydroxyl groups excluding tert-OH is 1. The molecule has 1 aromatic carbocycles. The molecular weight excluding hydrogens is 524 g/mol. The number of benzene rings is 1. The number of carbonyl (C=O) groups is 1. The predicted molar refractivity (Wildman–Crippen MR) is 133 cm³/mol. The average molecular weight is 553 g/mol. The topological polar surface area (TPSA) is 158 Å². The number of aliphatic hydroxyl groups is 1. The van der Waals surface area contributed by atoms with Gasteiger partial charge in [0.05, 0.1) is 12.7 Å². The molecule has 38 heavy (non-hydrogen) atoms. The summed E-state index contributed by atoms with van der Waals surface area (Å²) in [5, 5.41) is 13.2. The third-order valence-electron chi connectivity index (χ3n) is 5.30. The van der Waals surface area contributed by atoms with Gasteiger partial charge in [-0.15, -0.1) is 5.92 Å². The van der Waals surface area contributed by atoms with Crippen LogP contribution in [-0.2, 0) is 23.4 Å². The van der Waals surface area contributed by atoms with Crippen molar-refractivity contribution in [2.75, 3.05) is 6.61 Å². The number of esters is 1. The Morgan fingerprint density at radius 1 is 1.29 bits per heavy atom. The predicted octanol–water partition coefficient (Wildman–Crippen LogP) is 1.66. The molecule has 0 aliphatic carbocycles. The molecule has 0 spiro atoms. The Hall–Kier alpha value is -3.27. The molecule has 1 saturated heterocycles. The molecule has 14 heteroatoms. The van der Waals surface area contributed by atoms with Crippen LogP contribution >= 0.6 is 7.75 Å². The van der Waals surface area contributed by atoms with Gasteiger partial charge in [0.25, 0.3) is 5.56 Å². The summed E-state index contributed by atoms with van der Waals surface area (Å²) in [6.07, 6.45) is -4.66. The Kier molecular flexibility index (Phi) is 9.30. The fourth-order valence-electron chi connectivity index (χ4n) is 3.60. The van der Waals surface area contributed by atoms with Gasteiger partial charge in [-0.2, -0.15) is 5.09 Å². The largest absolute Gasteiger partial charge is 0.462 e. The number of aromatic nitrogens is 2. The smallest absolute Gasteiger partial charge is 0.459 e. The van der Waals surface area contributed by atoms with Gasteiger partial charge in [0.2, 0.25) is 5.67 Å². The van der Waals surface area contributed by atoms with E-state index in [1.54, 1.807) is 32.0 Å². The van der Waals surface area contributed by atoms with E-state index in [4.69, 9.17) is 18.5 Å². The summed E-state index contributed by atoms with van der Waals surface area (Å²) in [4.78, 5) is 38.0. The van der Waals surface area contributed by atoms with Crippen LogP contribution in [0.2, 0.25) is 0 Å². The molecule has 12 nitrogen and oxygen atoms in total. The van der Waals surface area contributed by atoms with Gasteiger partial charge in [0.15, 0.2) is 6.23 Å². The van der Waals surface area contributed by atoms with E-state index in [-0.39, 0.29) is 5.75 Å². The quantitative estimate of drug-likeness (QED) is 0.224. The maximum Gasteiger partial charge on any atom is 0.459 e. The Morgan fingerprint density at radius 2 is 1.97 bits per heavy atom. The second-order valence-electron chi connectivity index (χ2n) is 8.67. The molecule has 2 heterocycles. The van der Waals surface area contributed by atoms with Crippen molar-refractivity contribution in [3.05, 3.63) is 63.4 Å². The van der Waals surface area contributed by atoms with Crippen molar-refractivity contribution in [3.63, 3.8) is 0 Å². The number of nitrogens with zero attached hydrogens (tertiary/aromatic N) is 1. The van der Waals surface area contributed by atoms with E-state index in [1.807, 2.05) is 4.98 Å². The first kappa shape index (κ1) is 29.3. The van der Waals surface area contributed by atoms with Crippen molar-refractivity contribution >= 4 is 13.7 Å². The maximum atomic E-state index is 16.0. The van der Waals surface area contributed by atoms with Crippen LogP contribution in [0.1, 0.15) is 33.9 Å². The van der Waals surface area contributed by atoms with Crippen LogP contribution in [0, 0.1) is 11.8 Å². The molecule has 0 saturated carbocycles. The summed E-state index contributed by atoms with van der Waals surface area (Å²) in [6, 6.07) is 7.77. The minimum absolute atomic E-state index is 0.134. The number of H-pyrrole nitrogens is 1. The zero-order valence-electron chi connectivity index (χ0n) is 21.1. The van der Waals surface area contributed by atoms with Crippen molar-refractivity contribution in [1.82, 2.24) is 14.6 Å². The summed E-state index contributed by atoms with van der Waals surface area (Å²) in [5.74, 6) is 3.98. The number of alkyl halides is 1. The molecular formula is C24H29FN3O9P. The van der Waals surface area contributed by atoms with Gasteiger partial charge < -0.3 is 19.1 Å². The number of aromatic amines is 1. The lowest BCUT2D eigenvalue weighted by Gasteiger charge is -2.25. The van der Waals surface area contributed by atoms with Crippen molar-refractivity contribution in [2.24, 2.45) is 0 Å². The second kappa shape index (κ2) is 12.1. The Bertz CT molecular complexity index is 1350. The lowest BCUT2D eigenvalue weighted by atomic mass is 9.96. The van der Waals surface area contributed by atoms with Gasteiger partial charge in [-0.25, -0.2) is 13.8 Å². The second-order valence-corrected chi connectivity index (χ2v) is 10.4. The van der Waals surface area contributed by atoms with Crippen molar-refractivity contribution < 1.29 is 37.4 Å². The van der Waals surface area contributed by atoms with Crippen LogP contribution in [0.4, 0.5) is 4.39 Å². The number of ether oxygens (including phenoxy) is 2. The Balaban J connectivity index is 1.86. The van der Waals surface area contributed by atoms with Crippen LogP contribution in [0.25, 0.3) is 0 Å². The molecule has 0 amide bonds. The molecule has 3 rings (SSSR count). The van der Waals surface area contributed by atoms with Crippen molar-refractivity contribution in [1.29, 1.82) is 0 Å². The van der Waals surface area contributed by atoms with Crippen LogP contribution in [-0.4, -0.2) is 57.3 Å². The number of halogens is 1. The summed E-state index contributed by atoms with van der Waals surface area (Å²) < 4.78 is 52.1. The summed E-state index contributed by atoms with van der Waals surface area (Å²) in [7, 11) is -4.36. The molecule has 3 N–H and O–H groups in total. The van der Waals surface area contributed by atoms with E-state index >= 15 is 4.39 Å². The van der Waals surface area contributed by atoms with Gasteiger partial charge in [-0.3, -0.25) is 23.7 Å². The number of hydrogen-bond acceptors (Lipinski definition) is 9. The van der Waals surface area contributed by atoms with E-state index in [0.29, 0.717) is 0 Å². The van der Waals surface area contributed by atoms with Crippen LogP contribution < -0.4 is 20.9 Å². The Morgan fingerprint density at radius 3 is 2.58 bits per heavy atom. The molecule has 1 aromatic heterocycles. The summed E-state index contributed by atoms with van der Waals surface area (Å²) >= 11 is 0. The minimum atomic E-state index is -4.36. The molecule has 0 radical (unpaired) electrons. The molecule has 0 bridgehead atoms. The molecule has 1 unspecified atom stereocenters. The first-order valence-corrected chi connectivity index (χ1v) is 13.2. The van der Waals surface area contributed by atoms with E-state index < -0.39 is 67.8 Å². The van der Waals surface area contributed by atoms with E-state index in [2.05, 4.69) is 16.9 Å². The monoisotopic (exact) mass is 553 g/mol. The number of hydrogen-bond donors (Lipinski definition) is 3. The molecule has 2 aromatic rings. The average Bonchev–Trinajstić information content (AvgIpc) is 3.08. The summed E-state index contributed by atoms with van der Waals surface area (Å²) in [5.41, 5.74) is -4.50. The molecule has 206 valence electrons. The third-order valence-corrected chi connectivity index (χ3v) is 6.94. The normalized spacial score (nSPS) is 25.2. The fourth-order valence-corrected chi connectivity index (χ4v) is 5.10. The first-order chi connectivity index (χ1) is 17.9. The van der Waals surface area contributed by atoms with Gasteiger partial charge in [-0.05, 0) is 39.8 Å². The zero-order valence-corrected chi connectivity index (χ0v) is 22.0. The number of carbonyl (C=O) groups excluding carboxylic acids is 1. The number of rotatable bonds is 10. The lowest BCUT2D eigenvalue weighted by Crippen LogP contribution is -2.45.